The van der Waals surface area contributed by atoms with Crippen molar-refractivity contribution in [2.24, 2.45) is 0 Å². The summed E-state index contributed by atoms with van der Waals surface area (Å²) in [5.74, 6) is -0.762. The van der Waals surface area contributed by atoms with Crippen LogP contribution >= 0.6 is 0 Å². The minimum Gasteiger partial charge on any atom is -0.419 e. The minimum absolute atomic E-state index is 0.232. The van der Waals surface area contributed by atoms with E-state index in [1.807, 2.05) is 6.92 Å². The van der Waals surface area contributed by atoms with E-state index < -0.39 is 15.0 Å². The molecule has 0 spiro atoms. The summed E-state index contributed by atoms with van der Waals surface area (Å²) in [7, 11) is -1.58. The van der Waals surface area contributed by atoms with Gasteiger partial charge in [-0.05, 0) is 13.0 Å². The Morgan fingerprint density at radius 2 is 2.21 bits per heavy atom. The topological polar surface area (TPSA) is 52.6 Å². The molecule has 0 aromatic carbocycles. The molecule has 0 N–H and O–H groups in total. The molecule has 0 saturated carbocycles. The van der Waals surface area contributed by atoms with E-state index in [0.717, 1.165) is 12.5 Å². The number of cyclic esters (lactones) is 2. The molecule has 5 heteroatoms. The molecule has 1 rings (SSSR count). The van der Waals surface area contributed by atoms with Crippen LogP contribution in [0.4, 0.5) is 0 Å². The second-order valence-electron chi connectivity index (χ2n) is 3.39. The number of carbonyl (C=O) groups excluding carboxylic acids is 2. The van der Waals surface area contributed by atoms with Crippen molar-refractivity contribution in [2.75, 3.05) is 6.61 Å². The third-order valence-corrected chi connectivity index (χ3v) is 5.62. The van der Waals surface area contributed by atoms with E-state index in [1.54, 1.807) is 0 Å². The number of rotatable bonds is 5. The van der Waals surface area contributed by atoms with Crippen molar-refractivity contribution >= 4 is 21.0 Å². The molecule has 0 aromatic rings. The normalized spacial score (nSPS) is 23.7. The zero-order chi connectivity index (χ0) is 10.6. The summed E-state index contributed by atoms with van der Waals surface area (Å²) in [5, 5.41) is 0. The standard InChI is InChI=1S/C9H16O4Si/c1-3-5-14(12-4-2)7-6-8(10)13-9(7)11/h7,14H,3-6H2,1-2H3. The maximum atomic E-state index is 11.3. The fourth-order valence-corrected chi connectivity index (χ4v) is 4.30. The predicted molar refractivity (Wildman–Crippen MR) is 53.3 cm³/mol. The van der Waals surface area contributed by atoms with Gasteiger partial charge in [-0.1, -0.05) is 13.3 Å². The van der Waals surface area contributed by atoms with Crippen LogP contribution in [0.1, 0.15) is 26.7 Å². The summed E-state index contributed by atoms with van der Waals surface area (Å²) >= 11 is 0. The van der Waals surface area contributed by atoms with Crippen LogP contribution in [0.25, 0.3) is 0 Å². The molecule has 2 atom stereocenters. The molecular formula is C9H16O4Si. The van der Waals surface area contributed by atoms with Gasteiger partial charge in [-0.2, -0.15) is 0 Å². The third kappa shape index (κ3) is 2.65. The Bertz CT molecular complexity index is 223. The van der Waals surface area contributed by atoms with Crippen molar-refractivity contribution in [3.05, 3.63) is 0 Å². The third-order valence-electron chi connectivity index (χ3n) is 2.31. The maximum Gasteiger partial charge on any atom is 0.316 e. The molecule has 0 radical (unpaired) electrons. The lowest BCUT2D eigenvalue weighted by molar-refractivity contribution is -0.152. The average molecular weight is 216 g/mol. The molecule has 4 nitrogen and oxygen atoms in total. The Kier molecular flexibility index (Phi) is 4.28. The van der Waals surface area contributed by atoms with Gasteiger partial charge in [0, 0.05) is 6.61 Å². The Labute approximate surface area is 85.3 Å². The SMILES string of the molecule is CCC[SiH](OCC)C1CC(=O)OC1=O. The van der Waals surface area contributed by atoms with Crippen LogP contribution in [0.15, 0.2) is 0 Å². The molecule has 0 aliphatic carbocycles. The van der Waals surface area contributed by atoms with Gasteiger partial charge in [0.25, 0.3) is 0 Å². The first kappa shape index (κ1) is 11.4. The second-order valence-corrected chi connectivity index (χ2v) is 6.18. The molecule has 1 heterocycles. The largest absolute Gasteiger partial charge is 0.419 e. The highest BCUT2D eigenvalue weighted by Crippen LogP contribution is 2.28. The van der Waals surface area contributed by atoms with Gasteiger partial charge < -0.3 is 9.16 Å². The molecule has 80 valence electrons. The van der Waals surface area contributed by atoms with Crippen LogP contribution < -0.4 is 0 Å². The van der Waals surface area contributed by atoms with E-state index in [4.69, 9.17) is 4.43 Å². The highest BCUT2D eigenvalue weighted by Gasteiger charge is 2.40. The highest BCUT2D eigenvalue weighted by atomic mass is 28.3. The van der Waals surface area contributed by atoms with Crippen LogP contribution in [-0.4, -0.2) is 27.6 Å². The fourth-order valence-electron chi connectivity index (χ4n) is 1.67. The van der Waals surface area contributed by atoms with Crippen LogP contribution in [0.3, 0.4) is 0 Å². The molecule has 2 unspecified atom stereocenters. The van der Waals surface area contributed by atoms with Crippen molar-refractivity contribution in [2.45, 2.75) is 38.3 Å². The van der Waals surface area contributed by atoms with Crippen molar-refractivity contribution in [1.29, 1.82) is 0 Å². The van der Waals surface area contributed by atoms with Gasteiger partial charge in [0.1, 0.15) is 0 Å². The molecule has 1 saturated heterocycles. The van der Waals surface area contributed by atoms with Crippen molar-refractivity contribution in [3.63, 3.8) is 0 Å². The number of hydrogen-bond acceptors (Lipinski definition) is 4. The van der Waals surface area contributed by atoms with E-state index in [1.165, 1.54) is 0 Å². The molecule has 14 heavy (non-hydrogen) atoms. The van der Waals surface area contributed by atoms with Crippen LogP contribution in [0, 0.1) is 0 Å². The minimum atomic E-state index is -1.58. The van der Waals surface area contributed by atoms with Gasteiger partial charge in [0.2, 0.25) is 0 Å². The van der Waals surface area contributed by atoms with Gasteiger partial charge >= 0.3 is 11.9 Å². The lowest BCUT2D eigenvalue weighted by Gasteiger charge is -2.17. The predicted octanol–water partition coefficient (Wildman–Crippen LogP) is 1.00. The second kappa shape index (κ2) is 5.26. The van der Waals surface area contributed by atoms with Gasteiger partial charge in [0.15, 0.2) is 9.04 Å². The lowest BCUT2D eigenvalue weighted by Crippen LogP contribution is -2.27. The molecule has 0 amide bonds. The van der Waals surface area contributed by atoms with E-state index >= 15 is 0 Å². The average Bonchev–Trinajstić information content (AvgIpc) is 2.45. The molecule has 1 fully saturated rings. The summed E-state index contributed by atoms with van der Waals surface area (Å²) < 4.78 is 10.1. The first-order chi connectivity index (χ1) is 6.69. The summed E-state index contributed by atoms with van der Waals surface area (Å²) in [6.45, 7) is 4.59. The van der Waals surface area contributed by atoms with Crippen LogP contribution in [0.5, 0.6) is 0 Å². The molecule has 1 aliphatic rings. The van der Waals surface area contributed by atoms with Gasteiger partial charge in [0.05, 0.1) is 12.0 Å². The quantitative estimate of drug-likeness (QED) is 0.391. The number of hydrogen-bond donors (Lipinski definition) is 0. The lowest BCUT2D eigenvalue weighted by atomic mass is 10.3. The molecular weight excluding hydrogens is 200 g/mol. The smallest absolute Gasteiger partial charge is 0.316 e. The zero-order valence-corrected chi connectivity index (χ0v) is 9.77. The molecule has 0 bridgehead atoms. The van der Waals surface area contributed by atoms with E-state index in [-0.39, 0.29) is 17.9 Å². The number of ether oxygens (including phenoxy) is 1. The number of carbonyl (C=O) groups is 2. The van der Waals surface area contributed by atoms with E-state index in [2.05, 4.69) is 11.7 Å². The Hall–Kier alpha value is -0.683. The first-order valence-electron chi connectivity index (χ1n) is 5.05. The van der Waals surface area contributed by atoms with E-state index in [0.29, 0.717) is 6.61 Å². The van der Waals surface area contributed by atoms with Crippen molar-refractivity contribution in [1.82, 2.24) is 0 Å². The van der Waals surface area contributed by atoms with Crippen LogP contribution in [-0.2, 0) is 18.8 Å². The zero-order valence-electron chi connectivity index (χ0n) is 8.62. The van der Waals surface area contributed by atoms with E-state index in [9.17, 15) is 9.59 Å². The summed E-state index contributed by atoms with van der Waals surface area (Å²) in [4.78, 5) is 22.2. The Morgan fingerprint density at radius 1 is 1.50 bits per heavy atom. The Morgan fingerprint density at radius 3 is 2.64 bits per heavy atom. The van der Waals surface area contributed by atoms with Gasteiger partial charge in [-0.25, -0.2) is 0 Å². The summed E-state index contributed by atoms with van der Waals surface area (Å²) in [6.07, 6.45) is 1.23. The molecule has 1 aliphatic heterocycles. The number of esters is 2. The Balaban J connectivity index is 2.58. The summed E-state index contributed by atoms with van der Waals surface area (Å²) in [5.41, 5.74) is -0.248. The van der Waals surface area contributed by atoms with Crippen molar-refractivity contribution < 1.29 is 18.8 Å². The van der Waals surface area contributed by atoms with Crippen molar-refractivity contribution in [3.8, 4) is 0 Å². The van der Waals surface area contributed by atoms with Gasteiger partial charge in [-0.3, -0.25) is 9.59 Å². The van der Waals surface area contributed by atoms with Crippen LogP contribution in [0.2, 0.25) is 11.6 Å². The molecule has 0 aromatic heterocycles. The highest BCUT2D eigenvalue weighted by molar-refractivity contribution is 6.59. The first-order valence-corrected chi connectivity index (χ1v) is 7.00. The summed E-state index contributed by atoms with van der Waals surface area (Å²) in [6, 6.07) is 0.931. The maximum absolute atomic E-state index is 11.3. The fraction of sp³-hybridized carbons (Fsp3) is 0.778. The monoisotopic (exact) mass is 216 g/mol. The van der Waals surface area contributed by atoms with Gasteiger partial charge in [-0.15, -0.1) is 0 Å².